The lowest BCUT2D eigenvalue weighted by Gasteiger charge is -2.34. The number of nitrogens with zero attached hydrogens (tertiary/aromatic N) is 1. The van der Waals surface area contributed by atoms with Gasteiger partial charge in [0.25, 0.3) is 0 Å². The van der Waals surface area contributed by atoms with Crippen LogP contribution in [0.3, 0.4) is 0 Å². The van der Waals surface area contributed by atoms with Crippen LogP contribution in [0.2, 0.25) is 0 Å². The molecule has 194 valence electrons. The molecule has 0 aliphatic rings. The molecule has 0 N–H and O–H groups in total. The summed E-state index contributed by atoms with van der Waals surface area (Å²) in [5.74, 6) is -37.2. The molecule has 0 unspecified atom stereocenters. The highest BCUT2D eigenvalue weighted by Crippen LogP contribution is 2.50. The van der Waals surface area contributed by atoms with Crippen LogP contribution in [0.15, 0.2) is 24.3 Å². The van der Waals surface area contributed by atoms with Gasteiger partial charge < -0.3 is 4.74 Å². The van der Waals surface area contributed by atoms with Crippen molar-refractivity contribution in [3.05, 3.63) is 29.8 Å². The van der Waals surface area contributed by atoms with Crippen LogP contribution in [-0.2, 0) is 16.1 Å². The van der Waals surface area contributed by atoms with Crippen molar-refractivity contribution in [3.63, 3.8) is 0 Å². The molecule has 0 heterocycles. The molecule has 0 saturated carbocycles. The summed E-state index contributed by atoms with van der Waals surface area (Å²) in [5, 5.41) is 0. The van der Waals surface area contributed by atoms with Gasteiger partial charge >= 0.3 is 47.9 Å². The number of benzene rings is 1. The minimum Gasteiger partial charge on any atom is -0.497 e. The number of alkyl halides is 14. The van der Waals surface area contributed by atoms with Crippen molar-refractivity contribution < 1.29 is 75.8 Å². The monoisotopic (exact) mass is 529 g/mol. The maximum absolute atomic E-state index is 13.8. The molecule has 1 rings (SSSR count). The largest absolute Gasteiger partial charge is 0.497 e. The Morgan fingerprint density at radius 3 is 1.26 bits per heavy atom. The predicted molar refractivity (Wildman–Crippen MR) is 80.4 cm³/mol. The zero-order chi connectivity index (χ0) is 27.1. The molecule has 0 aliphatic carbocycles. The normalized spacial score (nSPS) is 14.1. The maximum atomic E-state index is 13.8. The minimum atomic E-state index is -7.35. The lowest BCUT2D eigenvalue weighted by atomic mass is 10.1. The standard InChI is InChI=1S/C16H9F14NO3/c1-34-8-4-2-7(3-5-8)6-31(9(32)11(17,18)13(21,22)15(25,26)27)10(33)12(19,20)14(23,24)16(28,29)30/h2-5H,6H2,1H3. The van der Waals surface area contributed by atoms with E-state index in [9.17, 15) is 71.1 Å². The van der Waals surface area contributed by atoms with E-state index in [1.54, 1.807) is 0 Å². The second-order valence-electron chi connectivity index (χ2n) is 6.34. The molecule has 0 aromatic heterocycles. The molecule has 0 atom stereocenters. The van der Waals surface area contributed by atoms with Gasteiger partial charge in [-0.1, -0.05) is 12.1 Å². The van der Waals surface area contributed by atoms with Crippen molar-refractivity contribution in [2.45, 2.75) is 42.6 Å². The summed E-state index contributed by atoms with van der Waals surface area (Å²) in [5.41, 5.74) is -0.820. The molecule has 0 fully saturated rings. The van der Waals surface area contributed by atoms with E-state index >= 15 is 0 Å². The number of carbonyl (C=O) groups is 2. The fraction of sp³-hybridized carbons (Fsp3) is 0.500. The third kappa shape index (κ3) is 4.84. The first kappa shape index (κ1) is 29.2. The van der Waals surface area contributed by atoms with Crippen molar-refractivity contribution in [3.8, 4) is 5.75 Å². The second kappa shape index (κ2) is 8.75. The average Bonchev–Trinajstić information content (AvgIpc) is 2.69. The van der Waals surface area contributed by atoms with Gasteiger partial charge in [0.2, 0.25) is 0 Å². The van der Waals surface area contributed by atoms with Gasteiger partial charge in [0.05, 0.1) is 13.7 Å². The Bertz CT molecular complexity index is 855. The summed E-state index contributed by atoms with van der Waals surface area (Å²) in [7, 11) is 1.05. The van der Waals surface area contributed by atoms with E-state index in [1.165, 1.54) is 0 Å². The summed E-state index contributed by atoms with van der Waals surface area (Å²) in [6, 6.07) is 2.92. The van der Waals surface area contributed by atoms with E-state index in [0.717, 1.165) is 19.2 Å². The van der Waals surface area contributed by atoms with Gasteiger partial charge in [0.1, 0.15) is 5.75 Å². The highest BCUT2D eigenvalue weighted by molar-refractivity contribution is 6.02. The molecule has 0 radical (unpaired) electrons. The third-order valence-electron chi connectivity index (χ3n) is 4.03. The van der Waals surface area contributed by atoms with E-state index in [2.05, 4.69) is 4.74 Å². The van der Waals surface area contributed by atoms with Gasteiger partial charge in [-0.15, -0.1) is 0 Å². The van der Waals surface area contributed by atoms with Crippen LogP contribution in [0, 0.1) is 0 Å². The summed E-state index contributed by atoms with van der Waals surface area (Å²) >= 11 is 0. The minimum absolute atomic E-state index is 0.0872. The molecule has 1 aromatic rings. The van der Waals surface area contributed by atoms with Crippen molar-refractivity contribution >= 4 is 11.8 Å². The molecule has 0 bridgehead atoms. The van der Waals surface area contributed by atoms with E-state index in [4.69, 9.17) is 0 Å². The van der Waals surface area contributed by atoms with Crippen molar-refractivity contribution in [2.24, 2.45) is 0 Å². The molecular formula is C16H9F14NO3. The molecule has 1 aromatic carbocycles. The molecule has 18 heteroatoms. The van der Waals surface area contributed by atoms with E-state index in [-0.39, 0.29) is 5.75 Å². The maximum Gasteiger partial charge on any atom is 0.460 e. The molecule has 2 amide bonds. The Labute approximate surface area is 179 Å². The molecule has 0 spiro atoms. The highest BCUT2D eigenvalue weighted by Gasteiger charge is 2.80. The number of hydrogen-bond acceptors (Lipinski definition) is 3. The van der Waals surface area contributed by atoms with Crippen LogP contribution in [0.1, 0.15) is 5.56 Å². The van der Waals surface area contributed by atoms with Gasteiger partial charge in [0, 0.05) is 0 Å². The Hall–Kier alpha value is -2.82. The lowest BCUT2D eigenvalue weighted by molar-refractivity contribution is -0.350. The van der Waals surface area contributed by atoms with Crippen LogP contribution < -0.4 is 4.74 Å². The topological polar surface area (TPSA) is 46.6 Å². The highest BCUT2D eigenvalue weighted by atomic mass is 19.4. The summed E-state index contributed by atoms with van der Waals surface area (Å²) in [6.45, 7) is -2.13. The molecule has 4 nitrogen and oxygen atoms in total. The Kier molecular flexibility index (Phi) is 7.52. The fourth-order valence-electron chi connectivity index (χ4n) is 2.11. The number of rotatable bonds is 7. The number of ether oxygens (including phenoxy) is 1. The van der Waals surface area contributed by atoms with Crippen LogP contribution in [0.4, 0.5) is 61.5 Å². The first-order chi connectivity index (χ1) is 15.0. The second-order valence-corrected chi connectivity index (χ2v) is 6.34. The fourth-order valence-corrected chi connectivity index (χ4v) is 2.11. The number of halogens is 14. The SMILES string of the molecule is COc1ccc(CN(C(=O)C(F)(F)C(F)(F)C(F)(F)F)C(=O)C(F)(F)C(F)(F)C(F)(F)F)cc1. The zero-order valence-corrected chi connectivity index (χ0v) is 16.0. The third-order valence-corrected chi connectivity index (χ3v) is 4.03. The van der Waals surface area contributed by atoms with Crippen LogP contribution in [0.25, 0.3) is 0 Å². The van der Waals surface area contributed by atoms with E-state index in [0.29, 0.717) is 12.1 Å². The van der Waals surface area contributed by atoms with Crippen LogP contribution in [0.5, 0.6) is 5.75 Å². The molecule has 0 saturated heterocycles. The van der Waals surface area contributed by atoms with Gasteiger partial charge in [0.15, 0.2) is 0 Å². The Morgan fingerprint density at radius 2 is 1.00 bits per heavy atom. The molecular weight excluding hydrogens is 520 g/mol. The first-order valence-electron chi connectivity index (χ1n) is 8.10. The average molecular weight is 529 g/mol. The molecule has 0 aliphatic heterocycles. The van der Waals surface area contributed by atoms with Crippen LogP contribution >= 0.6 is 0 Å². The quantitative estimate of drug-likeness (QED) is 0.456. The van der Waals surface area contributed by atoms with Gasteiger partial charge in [-0.3, -0.25) is 14.5 Å². The molecule has 34 heavy (non-hydrogen) atoms. The number of imide groups is 1. The predicted octanol–water partition coefficient (Wildman–Crippen LogP) is 5.22. The summed E-state index contributed by atoms with van der Waals surface area (Å²) in [6.07, 6.45) is -14.5. The van der Waals surface area contributed by atoms with Crippen molar-refractivity contribution in [1.29, 1.82) is 0 Å². The summed E-state index contributed by atoms with van der Waals surface area (Å²) in [4.78, 5) is 21.5. The van der Waals surface area contributed by atoms with Gasteiger partial charge in [-0.05, 0) is 17.7 Å². The lowest BCUT2D eigenvalue weighted by Crippen LogP contribution is -2.65. The van der Waals surface area contributed by atoms with Gasteiger partial charge in [-0.2, -0.15) is 61.5 Å². The Balaban J connectivity index is 3.66. The Morgan fingerprint density at radius 1 is 0.676 bits per heavy atom. The smallest absolute Gasteiger partial charge is 0.460 e. The number of carbonyl (C=O) groups excluding carboxylic acids is 2. The zero-order valence-electron chi connectivity index (χ0n) is 16.0. The van der Waals surface area contributed by atoms with Crippen molar-refractivity contribution in [2.75, 3.05) is 7.11 Å². The van der Waals surface area contributed by atoms with Gasteiger partial charge in [-0.25, -0.2) is 0 Å². The number of methoxy groups -OCH3 is 1. The van der Waals surface area contributed by atoms with E-state index < -0.39 is 64.9 Å². The number of hydrogen-bond donors (Lipinski definition) is 0. The number of amides is 2. The van der Waals surface area contributed by atoms with Crippen LogP contribution in [-0.4, -0.2) is 59.9 Å². The van der Waals surface area contributed by atoms with E-state index in [1.807, 2.05) is 0 Å². The first-order valence-corrected chi connectivity index (χ1v) is 8.10. The summed E-state index contributed by atoms with van der Waals surface area (Å²) < 4.78 is 186. The van der Waals surface area contributed by atoms with Crippen molar-refractivity contribution in [1.82, 2.24) is 4.90 Å².